The normalized spacial score (nSPS) is 18.3. The van der Waals surface area contributed by atoms with E-state index in [1.807, 2.05) is 6.07 Å². The van der Waals surface area contributed by atoms with Crippen LogP contribution in [0.25, 0.3) is 0 Å². The van der Waals surface area contributed by atoms with Gasteiger partial charge in [-0.05, 0) is 30.4 Å². The summed E-state index contributed by atoms with van der Waals surface area (Å²) in [5, 5.41) is 24.7. The van der Waals surface area contributed by atoms with Crippen LogP contribution in [0.1, 0.15) is 37.1 Å². The molecule has 118 valence electrons. The zero-order valence-corrected chi connectivity index (χ0v) is 13.1. The van der Waals surface area contributed by atoms with Crippen molar-refractivity contribution in [3.8, 4) is 5.75 Å². The summed E-state index contributed by atoms with van der Waals surface area (Å²) in [7, 11) is 0. The fraction of sp³-hybridized carbons (Fsp3) is 0.294. The van der Waals surface area contributed by atoms with Crippen LogP contribution < -0.4 is 5.56 Å². The highest BCUT2D eigenvalue weighted by atomic mass is 16.3. The van der Waals surface area contributed by atoms with Crippen LogP contribution in [0.2, 0.25) is 0 Å². The Morgan fingerprint density at radius 1 is 1.30 bits per heavy atom. The Morgan fingerprint density at radius 3 is 2.87 bits per heavy atom. The molecule has 0 saturated heterocycles. The number of nitrogens with zero attached hydrogens (tertiary/aromatic N) is 3. The minimum Gasteiger partial charge on any atom is -0.507 e. The lowest BCUT2D eigenvalue weighted by Crippen LogP contribution is -2.30. The molecule has 1 aromatic heterocycles. The number of fused-ring (bicyclic) bond motifs is 1. The monoisotopic (exact) mass is 310 g/mol. The van der Waals surface area contributed by atoms with E-state index in [0.717, 1.165) is 23.4 Å². The smallest absolute Gasteiger partial charge is 0.264 e. The number of benzene rings is 1. The molecule has 0 spiro atoms. The van der Waals surface area contributed by atoms with Crippen molar-refractivity contribution in [1.82, 2.24) is 10.2 Å². The predicted octanol–water partition coefficient (Wildman–Crippen LogP) is 2.27. The van der Waals surface area contributed by atoms with E-state index in [2.05, 4.69) is 34.2 Å². The van der Waals surface area contributed by atoms with Crippen molar-refractivity contribution in [2.24, 2.45) is 15.6 Å². The van der Waals surface area contributed by atoms with Gasteiger partial charge in [0.1, 0.15) is 5.75 Å². The highest BCUT2D eigenvalue weighted by molar-refractivity contribution is 6.03. The molecule has 1 heterocycles. The third kappa shape index (κ3) is 3.36. The highest BCUT2D eigenvalue weighted by Gasteiger charge is 2.31. The third-order valence-corrected chi connectivity index (χ3v) is 3.80. The van der Waals surface area contributed by atoms with Crippen LogP contribution in [-0.2, 0) is 6.42 Å². The molecule has 6 heteroatoms. The summed E-state index contributed by atoms with van der Waals surface area (Å²) in [6, 6.07) is 8.43. The van der Waals surface area contributed by atoms with Crippen LogP contribution in [0.3, 0.4) is 0 Å². The molecule has 23 heavy (non-hydrogen) atoms. The molecule has 0 saturated carbocycles. The largest absolute Gasteiger partial charge is 0.507 e. The summed E-state index contributed by atoms with van der Waals surface area (Å²) in [4.78, 5) is 11.5. The number of H-pyrrole nitrogens is 1. The molecule has 1 aliphatic rings. The van der Waals surface area contributed by atoms with E-state index in [4.69, 9.17) is 0 Å². The van der Waals surface area contributed by atoms with Gasteiger partial charge in [-0.15, -0.1) is 0 Å². The summed E-state index contributed by atoms with van der Waals surface area (Å²) < 4.78 is 0. The summed E-state index contributed by atoms with van der Waals surface area (Å²) in [6.07, 6.45) is 2.99. The minimum atomic E-state index is -0.249. The third-order valence-electron chi connectivity index (χ3n) is 3.80. The molecule has 0 amide bonds. The zero-order valence-electron chi connectivity index (χ0n) is 13.1. The predicted molar refractivity (Wildman–Crippen MR) is 89.2 cm³/mol. The Bertz CT molecular complexity index is 850. The number of aromatic hydroxyl groups is 1. The Morgan fingerprint density at radius 2 is 2.09 bits per heavy atom. The maximum Gasteiger partial charge on any atom is 0.264 e. The van der Waals surface area contributed by atoms with Gasteiger partial charge >= 0.3 is 0 Å². The number of aromatic nitrogens is 2. The van der Waals surface area contributed by atoms with E-state index in [1.54, 1.807) is 18.2 Å². The molecule has 0 atom stereocenters. The van der Waals surface area contributed by atoms with E-state index in [9.17, 15) is 9.90 Å². The molecule has 0 radical (unpaired) electrons. The number of rotatable bonds is 2. The maximum absolute atomic E-state index is 11.5. The lowest BCUT2D eigenvalue weighted by molar-refractivity contribution is 0.365. The summed E-state index contributed by atoms with van der Waals surface area (Å²) in [5.41, 5.74) is 2.67. The van der Waals surface area contributed by atoms with Gasteiger partial charge in [0.25, 0.3) is 5.56 Å². The van der Waals surface area contributed by atoms with E-state index in [0.29, 0.717) is 12.0 Å². The minimum absolute atomic E-state index is 0.00147. The Kier molecular flexibility index (Phi) is 3.82. The molecule has 0 aliphatic heterocycles. The Balaban J connectivity index is 1.97. The second-order valence-electron chi connectivity index (χ2n) is 6.46. The molecule has 1 aromatic carbocycles. The molecule has 0 bridgehead atoms. The van der Waals surface area contributed by atoms with Crippen molar-refractivity contribution in [2.45, 2.75) is 26.7 Å². The van der Waals surface area contributed by atoms with Crippen LogP contribution in [0, 0.1) is 5.41 Å². The summed E-state index contributed by atoms with van der Waals surface area (Å²) >= 11 is 0. The van der Waals surface area contributed by atoms with E-state index in [-0.39, 0.29) is 16.7 Å². The molecule has 0 unspecified atom stereocenters. The molecular formula is C17H18N4O2. The first-order valence-electron chi connectivity index (χ1n) is 7.41. The lowest BCUT2D eigenvalue weighted by atomic mass is 9.75. The van der Waals surface area contributed by atoms with Gasteiger partial charge in [-0.3, -0.25) is 4.79 Å². The van der Waals surface area contributed by atoms with E-state index < -0.39 is 0 Å². The van der Waals surface area contributed by atoms with Gasteiger partial charge in [0.15, 0.2) is 0 Å². The summed E-state index contributed by atoms with van der Waals surface area (Å²) in [5.74, 6) is 0.152. The average Bonchev–Trinajstić information content (AvgIpc) is 2.49. The van der Waals surface area contributed by atoms with Crippen molar-refractivity contribution in [3.05, 3.63) is 57.5 Å². The van der Waals surface area contributed by atoms with Crippen molar-refractivity contribution in [2.75, 3.05) is 0 Å². The number of phenolic OH excluding ortho intramolecular Hbond substituents is 1. The van der Waals surface area contributed by atoms with Crippen LogP contribution in [0.4, 0.5) is 0 Å². The first kappa shape index (κ1) is 15.1. The van der Waals surface area contributed by atoms with E-state index >= 15 is 0 Å². The Hall–Kier alpha value is -2.76. The number of para-hydroxylation sites is 1. The van der Waals surface area contributed by atoms with Gasteiger partial charge in [-0.1, -0.05) is 26.0 Å². The van der Waals surface area contributed by atoms with Crippen LogP contribution in [0.5, 0.6) is 5.75 Å². The van der Waals surface area contributed by atoms with Gasteiger partial charge in [0.05, 0.1) is 17.6 Å². The molecule has 2 N–H and O–H groups in total. The number of hydrogen-bond acceptors (Lipinski definition) is 5. The molecule has 1 aliphatic carbocycles. The van der Waals surface area contributed by atoms with Gasteiger partial charge in [0, 0.05) is 17.2 Å². The average molecular weight is 310 g/mol. The topological polar surface area (TPSA) is 90.7 Å². The van der Waals surface area contributed by atoms with Gasteiger partial charge in [-0.25, -0.2) is 5.10 Å². The fourth-order valence-corrected chi connectivity index (χ4v) is 2.73. The highest BCUT2D eigenvalue weighted by Crippen LogP contribution is 2.33. The van der Waals surface area contributed by atoms with Gasteiger partial charge in [0.2, 0.25) is 0 Å². The summed E-state index contributed by atoms with van der Waals surface area (Å²) in [6.45, 7) is 4.26. The molecular weight excluding hydrogens is 292 g/mol. The van der Waals surface area contributed by atoms with E-state index in [1.165, 1.54) is 12.3 Å². The number of nitrogens with one attached hydrogen (secondary N) is 1. The molecule has 0 fully saturated rings. The molecule has 2 aromatic rings. The van der Waals surface area contributed by atoms with Crippen molar-refractivity contribution in [1.29, 1.82) is 0 Å². The first-order valence-corrected chi connectivity index (χ1v) is 7.41. The second-order valence-corrected chi connectivity index (χ2v) is 6.46. The van der Waals surface area contributed by atoms with Gasteiger partial charge < -0.3 is 5.11 Å². The lowest BCUT2D eigenvalue weighted by Gasteiger charge is -2.30. The molecule has 6 nitrogen and oxygen atoms in total. The standard InChI is InChI=1S/C17H18N4O2/c1-17(2)8-13(12-7-16(23)21-20-14(12)9-17)19-18-10-11-5-3-4-6-15(11)22/h3-7,10,22H,8-9H2,1-2H3,(H,21,23)/b18-10-,19-13+. The fourth-order valence-electron chi connectivity index (χ4n) is 2.73. The maximum atomic E-state index is 11.5. The first-order chi connectivity index (χ1) is 10.9. The quantitative estimate of drug-likeness (QED) is 0.658. The number of phenols is 1. The molecule has 3 rings (SSSR count). The van der Waals surface area contributed by atoms with Crippen molar-refractivity contribution >= 4 is 11.9 Å². The number of aromatic amines is 1. The number of hydrogen-bond donors (Lipinski definition) is 2. The zero-order chi connectivity index (χ0) is 16.4. The Labute approximate surface area is 133 Å². The SMILES string of the molecule is CC1(C)C/C(=N\N=C/c2ccccc2O)c2cc(=O)[nH]nc2C1. The van der Waals surface area contributed by atoms with Crippen LogP contribution >= 0.6 is 0 Å². The second kappa shape index (κ2) is 5.79. The van der Waals surface area contributed by atoms with Crippen LogP contribution in [-0.4, -0.2) is 27.2 Å². The van der Waals surface area contributed by atoms with Crippen molar-refractivity contribution < 1.29 is 5.11 Å². The van der Waals surface area contributed by atoms with Crippen LogP contribution in [0.15, 0.2) is 45.3 Å². The van der Waals surface area contributed by atoms with Gasteiger partial charge in [-0.2, -0.15) is 15.3 Å². The van der Waals surface area contributed by atoms with Crippen molar-refractivity contribution in [3.63, 3.8) is 0 Å².